The first kappa shape index (κ1) is 13.2. The van der Waals surface area contributed by atoms with Crippen molar-refractivity contribution in [1.82, 2.24) is 4.90 Å². The second-order valence-electron chi connectivity index (χ2n) is 4.92. The van der Waals surface area contributed by atoms with Gasteiger partial charge in [0, 0.05) is 11.4 Å². The molecule has 0 bridgehead atoms. The second-order valence-corrected chi connectivity index (χ2v) is 5.95. The second kappa shape index (κ2) is 6.03. The van der Waals surface area contributed by atoms with Crippen molar-refractivity contribution >= 4 is 11.3 Å². The van der Waals surface area contributed by atoms with Crippen LogP contribution in [0.2, 0.25) is 0 Å². The van der Waals surface area contributed by atoms with Crippen molar-refractivity contribution in [3.05, 3.63) is 22.4 Å². The number of nitrogens with zero attached hydrogens (tertiary/aromatic N) is 2. The fourth-order valence-corrected chi connectivity index (χ4v) is 2.38. The van der Waals surface area contributed by atoms with E-state index in [9.17, 15) is 0 Å². The highest BCUT2D eigenvalue weighted by Crippen LogP contribution is 2.21. The highest BCUT2D eigenvalue weighted by Gasteiger charge is 2.15. The van der Waals surface area contributed by atoms with Crippen molar-refractivity contribution in [3.63, 3.8) is 0 Å². The molecule has 1 rings (SSSR count). The van der Waals surface area contributed by atoms with E-state index in [2.05, 4.69) is 35.5 Å². The lowest BCUT2D eigenvalue weighted by atomic mass is 9.90. The molecule has 0 aliphatic rings. The number of hydrogen-bond acceptors (Lipinski definition) is 3. The van der Waals surface area contributed by atoms with E-state index in [4.69, 9.17) is 5.26 Å². The number of hydrogen-bond donors (Lipinski definition) is 0. The standard InChI is InChI=1S/C13H20N2S/c1-13(2,11-14)7-5-8-15(3)10-12-6-4-9-16-12/h4,6,9H,5,7-8,10H2,1-3H3. The summed E-state index contributed by atoms with van der Waals surface area (Å²) in [6.45, 7) is 6.09. The normalized spacial score (nSPS) is 11.7. The molecule has 1 aromatic rings. The Morgan fingerprint density at radius 1 is 1.50 bits per heavy atom. The first-order chi connectivity index (χ1) is 7.53. The molecule has 3 heteroatoms. The third kappa shape index (κ3) is 4.78. The van der Waals surface area contributed by atoms with Crippen LogP contribution >= 0.6 is 11.3 Å². The van der Waals surface area contributed by atoms with Gasteiger partial charge in [-0.05, 0) is 51.7 Å². The molecule has 0 fully saturated rings. The van der Waals surface area contributed by atoms with Crippen molar-refractivity contribution < 1.29 is 0 Å². The molecule has 2 nitrogen and oxygen atoms in total. The molecule has 16 heavy (non-hydrogen) atoms. The molecule has 1 heterocycles. The quantitative estimate of drug-likeness (QED) is 0.755. The van der Waals surface area contributed by atoms with E-state index in [0.29, 0.717) is 0 Å². The topological polar surface area (TPSA) is 27.0 Å². The van der Waals surface area contributed by atoms with Crippen molar-refractivity contribution in [2.45, 2.75) is 33.2 Å². The molecule has 0 radical (unpaired) electrons. The SMILES string of the molecule is CN(CCCC(C)(C)C#N)Cc1cccs1. The first-order valence-corrected chi connectivity index (χ1v) is 6.54. The molecule has 0 N–H and O–H groups in total. The average Bonchev–Trinajstić information content (AvgIpc) is 2.70. The predicted molar refractivity (Wildman–Crippen MR) is 69.3 cm³/mol. The van der Waals surface area contributed by atoms with Gasteiger partial charge in [-0.3, -0.25) is 0 Å². The fourth-order valence-electron chi connectivity index (χ4n) is 1.59. The van der Waals surface area contributed by atoms with Crippen LogP contribution in [0, 0.1) is 16.7 Å². The molecule has 0 saturated carbocycles. The number of thiophene rings is 1. The molecule has 88 valence electrons. The zero-order valence-corrected chi connectivity index (χ0v) is 11.2. The molecule has 0 aliphatic heterocycles. The van der Waals surface area contributed by atoms with E-state index in [0.717, 1.165) is 25.9 Å². The van der Waals surface area contributed by atoms with E-state index >= 15 is 0 Å². The van der Waals surface area contributed by atoms with Crippen molar-refractivity contribution in [2.75, 3.05) is 13.6 Å². The zero-order valence-electron chi connectivity index (χ0n) is 10.4. The van der Waals surface area contributed by atoms with Gasteiger partial charge in [0.05, 0.1) is 11.5 Å². The van der Waals surface area contributed by atoms with Gasteiger partial charge in [0.2, 0.25) is 0 Å². The third-order valence-corrected chi connectivity index (χ3v) is 3.51. The van der Waals surface area contributed by atoms with E-state index in [1.54, 1.807) is 11.3 Å². The Morgan fingerprint density at radius 2 is 2.25 bits per heavy atom. The Balaban J connectivity index is 2.21. The third-order valence-electron chi connectivity index (χ3n) is 2.65. The molecule has 0 aliphatic carbocycles. The van der Waals surface area contributed by atoms with E-state index < -0.39 is 0 Å². The molecule has 0 atom stereocenters. The summed E-state index contributed by atoms with van der Waals surface area (Å²) in [4.78, 5) is 3.72. The van der Waals surface area contributed by atoms with Crippen LogP contribution in [0.3, 0.4) is 0 Å². The molecule has 0 spiro atoms. The first-order valence-electron chi connectivity index (χ1n) is 5.66. The Hall–Kier alpha value is -0.850. The molecule has 0 saturated heterocycles. The van der Waals surface area contributed by atoms with Crippen molar-refractivity contribution in [1.29, 1.82) is 5.26 Å². The Morgan fingerprint density at radius 3 is 2.81 bits per heavy atom. The van der Waals surface area contributed by atoms with Gasteiger partial charge in [0.15, 0.2) is 0 Å². The van der Waals surface area contributed by atoms with E-state index in [-0.39, 0.29) is 5.41 Å². The fraction of sp³-hybridized carbons (Fsp3) is 0.615. The minimum Gasteiger partial charge on any atom is -0.301 e. The van der Waals surface area contributed by atoms with Crippen LogP contribution in [-0.4, -0.2) is 18.5 Å². The maximum atomic E-state index is 8.90. The minimum absolute atomic E-state index is 0.177. The van der Waals surface area contributed by atoms with Crippen molar-refractivity contribution in [2.24, 2.45) is 5.41 Å². The molecular weight excluding hydrogens is 216 g/mol. The van der Waals surface area contributed by atoms with E-state index in [1.807, 2.05) is 13.8 Å². The van der Waals surface area contributed by atoms with Crippen LogP contribution in [0.4, 0.5) is 0 Å². The summed E-state index contributed by atoms with van der Waals surface area (Å²) >= 11 is 1.80. The lowest BCUT2D eigenvalue weighted by molar-refractivity contribution is 0.300. The van der Waals surface area contributed by atoms with Gasteiger partial charge < -0.3 is 4.90 Å². The largest absolute Gasteiger partial charge is 0.301 e. The van der Waals surface area contributed by atoms with Crippen LogP contribution < -0.4 is 0 Å². The van der Waals surface area contributed by atoms with E-state index in [1.165, 1.54) is 4.88 Å². The molecular formula is C13H20N2S. The van der Waals surface area contributed by atoms with Crippen molar-refractivity contribution in [3.8, 4) is 6.07 Å². The number of nitriles is 1. The predicted octanol–water partition coefficient (Wildman–Crippen LogP) is 3.51. The summed E-state index contributed by atoms with van der Waals surface area (Å²) in [6.07, 6.45) is 2.06. The minimum atomic E-state index is -0.177. The van der Waals surface area contributed by atoms with Crippen LogP contribution in [0.1, 0.15) is 31.6 Å². The van der Waals surface area contributed by atoms with Crippen LogP contribution in [0.5, 0.6) is 0 Å². The van der Waals surface area contributed by atoms with Gasteiger partial charge in [0.25, 0.3) is 0 Å². The monoisotopic (exact) mass is 236 g/mol. The highest BCUT2D eigenvalue weighted by molar-refractivity contribution is 7.09. The van der Waals surface area contributed by atoms with Crippen LogP contribution in [0.25, 0.3) is 0 Å². The maximum absolute atomic E-state index is 8.90. The maximum Gasteiger partial charge on any atom is 0.0683 e. The summed E-state index contributed by atoms with van der Waals surface area (Å²) in [5.74, 6) is 0. The molecule has 0 unspecified atom stereocenters. The van der Waals surface area contributed by atoms with Gasteiger partial charge in [-0.15, -0.1) is 11.3 Å². The van der Waals surface area contributed by atoms with Gasteiger partial charge in [-0.25, -0.2) is 0 Å². The van der Waals surface area contributed by atoms with Gasteiger partial charge in [0.1, 0.15) is 0 Å². The zero-order chi connectivity index (χ0) is 12.0. The van der Waals surface area contributed by atoms with Gasteiger partial charge >= 0.3 is 0 Å². The average molecular weight is 236 g/mol. The summed E-state index contributed by atoms with van der Waals surface area (Å²) in [5, 5.41) is 11.0. The van der Waals surface area contributed by atoms with Gasteiger partial charge in [-0.2, -0.15) is 5.26 Å². The molecule has 1 aromatic heterocycles. The summed E-state index contributed by atoms with van der Waals surface area (Å²) in [7, 11) is 2.14. The smallest absolute Gasteiger partial charge is 0.0683 e. The van der Waals surface area contributed by atoms with Crippen LogP contribution in [-0.2, 0) is 6.54 Å². The lowest BCUT2D eigenvalue weighted by Crippen LogP contribution is -2.20. The Kier molecular flexibility index (Phi) is 4.98. The number of rotatable bonds is 6. The summed E-state index contributed by atoms with van der Waals surface area (Å²) in [5.41, 5.74) is -0.177. The Bertz CT molecular complexity index is 335. The summed E-state index contributed by atoms with van der Waals surface area (Å²) < 4.78 is 0. The summed E-state index contributed by atoms with van der Waals surface area (Å²) in [6, 6.07) is 6.60. The van der Waals surface area contributed by atoms with Crippen LogP contribution in [0.15, 0.2) is 17.5 Å². The lowest BCUT2D eigenvalue weighted by Gasteiger charge is -2.19. The molecule has 0 aromatic carbocycles. The molecule has 0 amide bonds. The van der Waals surface area contributed by atoms with Gasteiger partial charge in [-0.1, -0.05) is 6.07 Å². The highest BCUT2D eigenvalue weighted by atomic mass is 32.1. The Labute approximate surface area is 103 Å².